The first kappa shape index (κ1) is 17.4. The van der Waals surface area contributed by atoms with Crippen molar-refractivity contribution in [1.29, 1.82) is 0 Å². The molecule has 1 N–H and O–H groups in total. The van der Waals surface area contributed by atoms with Crippen LogP contribution in [-0.2, 0) is 0 Å². The van der Waals surface area contributed by atoms with Crippen LogP contribution in [0.1, 0.15) is 56.3 Å². The van der Waals surface area contributed by atoms with Crippen molar-refractivity contribution in [2.24, 2.45) is 0 Å². The lowest BCUT2D eigenvalue weighted by Crippen LogP contribution is -2.34. The highest BCUT2D eigenvalue weighted by Gasteiger charge is 2.18. The molecule has 5 nitrogen and oxygen atoms in total. The van der Waals surface area contributed by atoms with Gasteiger partial charge in [-0.3, -0.25) is 14.9 Å². The summed E-state index contributed by atoms with van der Waals surface area (Å²) in [5, 5.41) is 13.8. The summed E-state index contributed by atoms with van der Waals surface area (Å²) in [5.74, 6) is -0.288. The molecule has 0 radical (unpaired) electrons. The van der Waals surface area contributed by atoms with Gasteiger partial charge in [-0.25, -0.2) is 0 Å². The number of nitro benzene ring substituents is 1. The number of unbranched alkanes of at least 4 members (excludes halogenated alkanes) is 1. The fourth-order valence-electron chi connectivity index (χ4n) is 2.15. The molecular formula is C15H21ClN2O3. The van der Waals surface area contributed by atoms with Crippen LogP contribution in [0.5, 0.6) is 0 Å². The van der Waals surface area contributed by atoms with Gasteiger partial charge in [0.05, 0.1) is 4.92 Å². The first-order valence-electron chi connectivity index (χ1n) is 7.24. The van der Waals surface area contributed by atoms with Gasteiger partial charge in [0.2, 0.25) is 0 Å². The highest BCUT2D eigenvalue weighted by molar-refractivity contribution is 6.32. The SMILES string of the molecule is CCCCC(CCC)NC(=O)c1ccc(Cl)c([N+](=O)[O-])c1. The molecule has 116 valence electrons. The lowest BCUT2D eigenvalue weighted by Gasteiger charge is -2.17. The molecule has 0 aromatic heterocycles. The Morgan fingerprint density at radius 1 is 1.33 bits per heavy atom. The van der Waals surface area contributed by atoms with Gasteiger partial charge in [0.15, 0.2) is 0 Å². The van der Waals surface area contributed by atoms with Gasteiger partial charge in [-0.15, -0.1) is 0 Å². The van der Waals surface area contributed by atoms with E-state index in [0.717, 1.165) is 32.1 Å². The zero-order chi connectivity index (χ0) is 15.8. The molecule has 0 aliphatic carbocycles. The second kappa shape index (κ2) is 8.62. The summed E-state index contributed by atoms with van der Waals surface area (Å²) < 4.78 is 0. The third-order valence-electron chi connectivity index (χ3n) is 3.28. The van der Waals surface area contributed by atoms with E-state index in [9.17, 15) is 14.9 Å². The van der Waals surface area contributed by atoms with E-state index in [0.29, 0.717) is 0 Å². The normalized spacial score (nSPS) is 12.0. The fourth-order valence-corrected chi connectivity index (χ4v) is 2.34. The Bertz CT molecular complexity index is 506. The monoisotopic (exact) mass is 312 g/mol. The van der Waals surface area contributed by atoms with Crippen LogP contribution < -0.4 is 5.32 Å². The van der Waals surface area contributed by atoms with E-state index in [1.807, 2.05) is 0 Å². The molecule has 1 aromatic carbocycles. The van der Waals surface area contributed by atoms with Crippen molar-refractivity contribution in [2.75, 3.05) is 0 Å². The first-order valence-corrected chi connectivity index (χ1v) is 7.62. The minimum Gasteiger partial charge on any atom is -0.349 e. The molecule has 1 aromatic rings. The van der Waals surface area contributed by atoms with Crippen molar-refractivity contribution < 1.29 is 9.72 Å². The van der Waals surface area contributed by atoms with Gasteiger partial charge in [0.1, 0.15) is 5.02 Å². The average Bonchev–Trinajstić information content (AvgIpc) is 2.45. The lowest BCUT2D eigenvalue weighted by molar-refractivity contribution is -0.384. The van der Waals surface area contributed by atoms with Gasteiger partial charge in [0, 0.05) is 17.7 Å². The predicted molar refractivity (Wildman–Crippen MR) is 83.8 cm³/mol. The molecule has 1 amide bonds. The second-order valence-corrected chi connectivity index (χ2v) is 5.43. The molecule has 21 heavy (non-hydrogen) atoms. The maximum atomic E-state index is 12.2. The number of rotatable bonds is 8. The molecule has 0 spiro atoms. The Kier molecular flexibility index (Phi) is 7.15. The summed E-state index contributed by atoms with van der Waals surface area (Å²) in [6.45, 7) is 4.17. The maximum absolute atomic E-state index is 12.2. The third kappa shape index (κ3) is 5.34. The number of nitro groups is 1. The second-order valence-electron chi connectivity index (χ2n) is 5.02. The molecule has 0 aliphatic heterocycles. The summed E-state index contributed by atoms with van der Waals surface area (Å²) in [5.41, 5.74) is 0.0219. The highest BCUT2D eigenvalue weighted by atomic mass is 35.5. The molecule has 0 heterocycles. The Morgan fingerprint density at radius 2 is 2.05 bits per heavy atom. The van der Waals surface area contributed by atoms with Crippen LogP contribution in [0, 0.1) is 10.1 Å². The van der Waals surface area contributed by atoms with E-state index >= 15 is 0 Å². The number of hydrogen-bond acceptors (Lipinski definition) is 3. The Morgan fingerprint density at radius 3 is 2.62 bits per heavy atom. The largest absolute Gasteiger partial charge is 0.349 e. The zero-order valence-corrected chi connectivity index (χ0v) is 13.2. The summed E-state index contributed by atoms with van der Waals surface area (Å²) in [6.07, 6.45) is 4.93. The number of nitrogens with one attached hydrogen (secondary N) is 1. The van der Waals surface area contributed by atoms with Crippen molar-refractivity contribution in [2.45, 2.75) is 52.0 Å². The van der Waals surface area contributed by atoms with Crippen molar-refractivity contribution in [3.8, 4) is 0 Å². The van der Waals surface area contributed by atoms with Gasteiger partial charge in [-0.1, -0.05) is 44.7 Å². The van der Waals surface area contributed by atoms with Crippen LogP contribution >= 0.6 is 11.6 Å². The van der Waals surface area contributed by atoms with Crippen LogP contribution in [0.3, 0.4) is 0 Å². The van der Waals surface area contributed by atoms with Crippen molar-refractivity contribution >= 4 is 23.2 Å². The van der Waals surface area contributed by atoms with E-state index in [1.54, 1.807) is 0 Å². The number of amides is 1. The van der Waals surface area contributed by atoms with Crippen molar-refractivity contribution in [1.82, 2.24) is 5.32 Å². The standard InChI is InChI=1S/C15H21ClN2O3/c1-3-5-7-12(6-4-2)17-15(19)11-8-9-13(16)14(10-11)18(20)21/h8-10,12H,3-7H2,1-2H3,(H,17,19). The summed E-state index contributed by atoms with van der Waals surface area (Å²) in [6, 6.07) is 4.22. The van der Waals surface area contributed by atoms with Gasteiger partial charge in [-0.2, -0.15) is 0 Å². The summed E-state index contributed by atoms with van der Waals surface area (Å²) in [7, 11) is 0. The number of halogens is 1. The number of hydrogen-bond donors (Lipinski definition) is 1. The van der Waals surface area contributed by atoms with Crippen LogP contribution in [0.2, 0.25) is 5.02 Å². The van der Waals surface area contributed by atoms with Crippen molar-refractivity contribution in [3.63, 3.8) is 0 Å². The van der Waals surface area contributed by atoms with E-state index in [2.05, 4.69) is 19.2 Å². The maximum Gasteiger partial charge on any atom is 0.288 e. The molecule has 0 fully saturated rings. The molecular weight excluding hydrogens is 292 g/mol. The minimum atomic E-state index is -0.584. The van der Waals surface area contributed by atoms with Gasteiger partial charge in [-0.05, 0) is 25.0 Å². The van der Waals surface area contributed by atoms with Crippen molar-refractivity contribution in [3.05, 3.63) is 38.9 Å². The van der Waals surface area contributed by atoms with E-state index in [1.165, 1.54) is 18.2 Å². The Balaban J connectivity index is 2.82. The summed E-state index contributed by atoms with van der Waals surface area (Å²) in [4.78, 5) is 22.5. The Labute approximate surface area is 129 Å². The van der Waals surface area contributed by atoms with Crippen LogP contribution in [0.4, 0.5) is 5.69 Å². The molecule has 1 rings (SSSR count). The average molecular weight is 313 g/mol. The van der Waals surface area contributed by atoms with Gasteiger partial charge >= 0.3 is 0 Å². The number of carbonyl (C=O) groups is 1. The van der Waals surface area contributed by atoms with Crippen LogP contribution in [0.15, 0.2) is 18.2 Å². The molecule has 0 aliphatic rings. The van der Waals surface area contributed by atoms with Crippen LogP contribution in [-0.4, -0.2) is 16.9 Å². The predicted octanol–water partition coefficient (Wildman–Crippen LogP) is 4.34. The van der Waals surface area contributed by atoms with E-state index in [-0.39, 0.29) is 28.2 Å². The highest BCUT2D eigenvalue weighted by Crippen LogP contribution is 2.25. The quantitative estimate of drug-likeness (QED) is 0.573. The first-order chi connectivity index (χ1) is 9.99. The molecule has 0 saturated carbocycles. The fraction of sp³-hybridized carbons (Fsp3) is 0.533. The minimum absolute atomic E-state index is 0.0349. The van der Waals surface area contributed by atoms with Gasteiger partial charge in [0.25, 0.3) is 11.6 Å². The topological polar surface area (TPSA) is 72.2 Å². The van der Waals surface area contributed by atoms with Gasteiger partial charge < -0.3 is 5.32 Å². The molecule has 0 saturated heterocycles. The smallest absolute Gasteiger partial charge is 0.288 e. The van der Waals surface area contributed by atoms with Crippen LogP contribution in [0.25, 0.3) is 0 Å². The lowest BCUT2D eigenvalue weighted by atomic mass is 10.0. The van der Waals surface area contributed by atoms with E-state index < -0.39 is 4.92 Å². The molecule has 1 unspecified atom stereocenters. The zero-order valence-electron chi connectivity index (χ0n) is 12.4. The molecule has 6 heteroatoms. The van der Waals surface area contributed by atoms with E-state index in [4.69, 9.17) is 11.6 Å². The number of benzene rings is 1. The Hall–Kier alpha value is -1.62. The molecule has 0 bridgehead atoms. The number of carbonyl (C=O) groups excluding carboxylic acids is 1. The number of nitrogens with zero attached hydrogens (tertiary/aromatic N) is 1. The third-order valence-corrected chi connectivity index (χ3v) is 3.60. The molecule has 1 atom stereocenters. The summed E-state index contributed by atoms with van der Waals surface area (Å²) >= 11 is 5.75.